The maximum atomic E-state index is 11.6. The number of rotatable bonds is 2. The lowest BCUT2D eigenvalue weighted by Crippen LogP contribution is -2.43. The maximum absolute atomic E-state index is 11.6. The average Bonchev–Trinajstić information content (AvgIpc) is 2.36. The Labute approximate surface area is 116 Å². The van der Waals surface area contributed by atoms with Crippen molar-refractivity contribution in [2.24, 2.45) is 10.7 Å². The van der Waals surface area contributed by atoms with Crippen molar-refractivity contribution in [1.82, 2.24) is 5.32 Å². The van der Waals surface area contributed by atoms with Gasteiger partial charge < -0.3 is 15.8 Å². The van der Waals surface area contributed by atoms with E-state index in [0.29, 0.717) is 10.9 Å². The summed E-state index contributed by atoms with van der Waals surface area (Å²) < 4.78 is 4.68. The molecule has 5 nitrogen and oxygen atoms in total. The lowest BCUT2D eigenvalue weighted by Gasteiger charge is -2.25. The predicted octanol–water partition coefficient (Wildman–Crippen LogP) is 1.42. The summed E-state index contributed by atoms with van der Waals surface area (Å²) in [5, 5.41) is 3.53. The van der Waals surface area contributed by atoms with Gasteiger partial charge in [0.05, 0.1) is 7.11 Å². The number of nitrogens with one attached hydrogen (secondary N) is 1. The number of carbonyl (C=O) groups excluding carboxylic acids is 1. The number of halogens is 1. The number of carbonyl (C=O) groups is 1. The van der Waals surface area contributed by atoms with E-state index in [4.69, 9.17) is 17.3 Å². The van der Waals surface area contributed by atoms with Gasteiger partial charge in [-0.05, 0) is 37.3 Å². The minimum Gasteiger partial charge on any atom is -0.464 e. The minimum absolute atomic E-state index is 0.271. The van der Waals surface area contributed by atoms with Crippen LogP contribution in [0, 0.1) is 0 Å². The summed E-state index contributed by atoms with van der Waals surface area (Å²) in [6.45, 7) is 1.70. The molecule has 1 aromatic carbocycles. The van der Waals surface area contributed by atoms with E-state index in [1.54, 1.807) is 31.2 Å². The van der Waals surface area contributed by atoms with Gasteiger partial charge in [-0.15, -0.1) is 0 Å². The smallest absolute Gasteiger partial charge is 0.354 e. The zero-order valence-electron chi connectivity index (χ0n) is 10.6. The van der Waals surface area contributed by atoms with Crippen LogP contribution in [-0.2, 0) is 9.53 Å². The van der Waals surface area contributed by atoms with Crippen molar-refractivity contribution in [3.05, 3.63) is 46.6 Å². The van der Waals surface area contributed by atoms with Gasteiger partial charge in [-0.1, -0.05) is 11.6 Å². The SMILES string of the molecule is COC(=O)C1=CC(C)(N)N=C(c2ccc(Cl)cc2)N1. The van der Waals surface area contributed by atoms with E-state index >= 15 is 0 Å². The zero-order chi connectivity index (χ0) is 14.0. The number of nitrogens with zero attached hydrogens (tertiary/aromatic N) is 1. The highest BCUT2D eigenvalue weighted by molar-refractivity contribution is 6.30. The lowest BCUT2D eigenvalue weighted by molar-refractivity contribution is -0.136. The van der Waals surface area contributed by atoms with Crippen LogP contribution < -0.4 is 11.1 Å². The number of amidine groups is 1. The molecule has 2 rings (SSSR count). The summed E-state index contributed by atoms with van der Waals surface area (Å²) in [5.41, 5.74) is 6.07. The summed E-state index contributed by atoms with van der Waals surface area (Å²) in [6, 6.07) is 7.07. The van der Waals surface area contributed by atoms with Crippen molar-refractivity contribution in [3.63, 3.8) is 0 Å². The number of hydrogen-bond acceptors (Lipinski definition) is 5. The molecule has 0 bridgehead atoms. The summed E-state index contributed by atoms with van der Waals surface area (Å²) in [4.78, 5) is 15.9. The van der Waals surface area contributed by atoms with Crippen LogP contribution in [0.15, 0.2) is 41.0 Å². The molecule has 19 heavy (non-hydrogen) atoms. The first kappa shape index (κ1) is 13.6. The molecule has 1 aliphatic rings. The Bertz CT molecular complexity index is 562. The van der Waals surface area contributed by atoms with Crippen molar-refractivity contribution in [2.75, 3.05) is 7.11 Å². The number of esters is 1. The first-order chi connectivity index (χ1) is 8.91. The van der Waals surface area contributed by atoms with Crippen molar-refractivity contribution in [3.8, 4) is 0 Å². The van der Waals surface area contributed by atoms with E-state index in [0.717, 1.165) is 5.56 Å². The third kappa shape index (κ3) is 3.13. The number of ether oxygens (including phenoxy) is 1. The Hall–Kier alpha value is -1.85. The van der Waals surface area contributed by atoms with Crippen LogP contribution in [0.4, 0.5) is 0 Å². The van der Waals surface area contributed by atoms with Crippen molar-refractivity contribution in [2.45, 2.75) is 12.6 Å². The van der Waals surface area contributed by atoms with Crippen molar-refractivity contribution < 1.29 is 9.53 Å². The molecule has 1 heterocycles. The molecule has 0 aliphatic carbocycles. The molecule has 0 radical (unpaired) electrons. The Morgan fingerprint density at radius 3 is 2.63 bits per heavy atom. The molecule has 0 amide bonds. The highest BCUT2D eigenvalue weighted by Gasteiger charge is 2.26. The first-order valence-corrected chi connectivity index (χ1v) is 6.02. The Morgan fingerprint density at radius 1 is 1.42 bits per heavy atom. The van der Waals surface area contributed by atoms with E-state index in [-0.39, 0.29) is 5.70 Å². The molecule has 1 aliphatic heterocycles. The highest BCUT2D eigenvalue weighted by Crippen LogP contribution is 2.17. The van der Waals surface area contributed by atoms with Crippen LogP contribution in [0.2, 0.25) is 5.02 Å². The van der Waals surface area contributed by atoms with E-state index in [9.17, 15) is 4.79 Å². The second-order valence-corrected chi connectivity index (χ2v) is 4.80. The fourth-order valence-corrected chi connectivity index (χ4v) is 1.85. The van der Waals surface area contributed by atoms with Crippen LogP contribution in [0.5, 0.6) is 0 Å². The molecule has 0 saturated heterocycles. The number of benzene rings is 1. The molecule has 3 N–H and O–H groups in total. The van der Waals surface area contributed by atoms with Gasteiger partial charge in [0.25, 0.3) is 0 Å². The average molecular weight is 280 g/mol. The topological polar surface area (TPSA) is 76.7 Å². The standard InChI is InChI=1S/C13H14ClN3O2/c1-13(15)7-10(12(18)19-2)16-11(17-13)8-3-5-9(14)6-4-8/h3-7H,15H2,1-2H3,(H,16,17). The van der Waals surface area contributed by atoms with Gasteiger partial charge in [-0.2, -0.15) is 0 Å². The van der Waals surface area contributed by atoms with Crippen LogP contribution in [0.3, 0.4) is 0 Å². The molecule has 1 unspecified atom stereocenters. The molecule has 0 aromatic heterocycles. The van der Waals surface area contributed by atoms with Crippen molar-refractivity contribution >= 4 is 23.4 Å². The van der Waals surface area contributed by atoms with E-state index in [2.05, 4.69) is 15.0 Å². The number of nitrogens with two attached hydrogens (primary N) is 1. The van der Waals surface area contributed by atoms with Crippen molar-refractivity contribution in [1.29, 1.82) is 0 Å². The van der Waals surface area contributed by atoms with Crippen LogP contribution in [0.25, 0.3) is 0 Å². The normalized spacial score (nSPS) is 22.1. The van der Waals surface area contributed by atoms with E-state index < -0.39 is 11.6 Å². The molecular weight excluding hydrogens is 266 g/mol. The molecule has 0 saturated carbocycles. The Kier molecular flexibility index (Phi) is 3.59. The van der Waals surface area contributed by atoms with Gasteiger partial charge in [0, 0.05) is 10.6 Å². The van der Waals surface area contributed by atoms with E-state index in [1.807, 2.05) is 0 Å². The summed E-state index contributed by atoms with van der Waals surface area (Å²) in [6.07, 6.45) is 1.53. The van der Waals surface area contributed by atoms with Gasteiger partial charge in [0.15, 0.2) is 0 Å². The Balaban J connectivity index is 2.35. The number of hydrogen-bond donors (Lipinski definition) is 2. The molecule has 1 aromatic rings. The molecule has 100 valence electrons. The first-order valence-electron chi connectivity index (χ1n) is 5.64. The summed E-state index contributed by atoms with van der Waals surface area (Å²) >= 11 is 5.84. The molecular formula is C13H14ClN3O2. The van der Waals surface area contributed by atoms with Gasteiger partial charge in [-0.3, -0.25) is 0 Å². The zero-order valence-corrected chi connectivity index (χ0v) is 11.4. The van der Waals surface area contributed by atoms with Crippen LogP contribution in [0.1, 0.15) is 12.5 Å². The number of methoxy groups -OCH3 is 1. The molecule has 0 spiro atoms. The summed E-state index contributed by atoms with van der Waals surface area (Å²) in [7, 11) is 1.31. The fourth-order valence-electron chi connectivity index (χ4n) is 1.72. The number of aliphatic imine (C=N–C) groups is 1. The molecule has 0 fully saturated rings. The van der Waals surface area contributed by atoms with Gasteiger partial charge in [0.1, 0.15) is 17.2 Å². The second-order valence-electron chi connectivity index (χ2n) is 4.37. The van der Waals surface area contributed by atoms with E-state index in [1.165, 1.54) is 13.2 Å². The summed E-state index contributed by atoms with van der Waals surface area (Å²) in [5.74, 6) is 0.0163. The van der Waals surface area contributed by atoms with Crippen LogP contribution >= 0.6 is 11.6 Å². The second kappa shape index (κ2) is 5.03. The highest BCUT2D eigenvalue weighted by atomic mass is 35.5. The largest absolute Gasteiger partial charge is 0.464 e. The predicted molar refractivity (Wildman–Crippen MR) is 73.8 cm³/mol. The monoisotopic (exact) mass is 279 g/mol. The van der Waals surface area contributed by atoms with Gasteiger partial charge in [-0.25, -0.2) is 9.79 Å². The fraction of sp³-hybridized carbons (Fsp3) is 0.231. The quantitative estimate of drug-likeness (QED) is 0.803. The van der Waals surface area contributed by atoms with Gasteiger partial charge >= 0.3 is 5.97 Å². The van der Waals surface area contributed by atoms with Crippen LogP contribution in [-0.4, -0.2) is 24.6 Å². The molecule has 1 atom stereocenters. The third-order valence-corrected chi connectivity index (χ3v) is 2.82. The molecule has 6 heteroatoms. The lowest BCUT2D eigenvalue weighted by atomic mass is 10.1. The maximum Gasteiger partial charge on any atom is 0.354 e. The Morgan fingerprint density at radius 2 is 2.05 bits per heavy atom. The minimum atomic E-state index is -0.969. The van der Waals surface area contributed by atoms with Gasteiger partial charge in [0.2, 0.25) is 0 Å². The third-order valence-electron chi connectivity index (χ3n) is 2.57.